The molecule has 0 saturated carbocycles. The van der Waals surface area contributed by atoms with Gasteiger partial charge in [0.2, 0.25) is 0 Å². The number of aliphatic hydroxyl groups excluding tert-OH is 1. The van der Waals surface area contributed by atoms with Gasteiger partial charge in [0.1, 0.15) is 0 Å². The van der Waals surface area contributed by atoms with Gasteiger partial charge in [-0.2, -0.15) is 11.8 Å². The highest BCUT2D eigenvalue weighted by Crippen LogP contribution is 2.23. The quantitative estimate of drug-likeness (QED) is 0.921. The molecular formula is C14H19F2NOS. The van der Waals surface area contributed by atoms with Gasteiger partial charge in [-0.25, -0.2) is 8.78 Å². The Kier molecular flexibility index (Phi) is 5.19. The molecule has 1 aromatic carbocycles. The molecule has 0 radical (unpaired) electrons. The molecule has 2 nitrogen and oxygen atoms in total. The fourth-order valence-corrected chi connectivity index (χ4v) is 3.40. The van der Waals surface area contributed by atoms with E-state index >= 15 is 0 Å². The highest BCUT2D eigenvalue weighted by molar-refractivity contribution is 7.99. The van der Waals surface area contributed by atoms with Gasteiger partial charge in [-0.15, -0.1) is 0 Å². The summed E-state index contributed by atoms with van der Waals surface area (Å²) < 4.78 is 26.6. The van der Waals surface area contributed by atoms with Crippen LogP contribution in [0.3, 0.4) is 0 Å². The first-order chi connectivity index (χ1) is 9.09. The zero-order valence-electron chi connectivity index (χ0n) is 11.0. The Labute approximate surface area is 116 Å². The minimum Gasteiger partial charge on any atom is -0.388 e. The van der Waals surface area contributed by atoms with E-state index in [0.717, 1.165) is 24.1 Å². The molecule has 1 saturated heterocycles. The third kappa shape index (κ3) is 3.68. The van der Waals surface area contributed by atoms with Crippen LogP contribution in [-0.4, -0.2) is 40.6 Å². The van der Waals surface area contributed by atoms with Crippen LogP contribution in [0, 0.1) is 11.6 Å². The molecule has 2 rings (SSSR count). The van der Waals surface area contributed by atoms with E-state index < -0.39 is 17.7 Å². The van der Waals surface area contributed by atoms with Gasteiger partial charge in [0.15, 0.2) is 11.6 Å². The largest absolute Gasteiger partial charge is 0.388 e. The van der Waals surface area contributed by atoms with Crippen molar-refractivity contribution in [1.82, 2.24) is 4.90 Å². The highest BCUT2D eigenvalue weighted by Gasteiger charge is 2.21. The molecule has 1 aromatic rings. The first-order valence-corrected chi connectivity index (χ1v) is 7.69. The lowest BCUT2D eigenvalue weighted by atomic mass is 10.1. The Balaban J connectivity index is 1.93. The van der Waals surface area contributed by atoms with Crippen molar-refractivity contribution in [2.75, 3.05) is 24.6 Å². The van der Waals surface area contributed by atoms with Crippen LogP contribution in [0.15, 0.2) is 18.2 Å². The number of benzene rings is 1. The van der Waals surface area contributed by atoms with Gasteiger partial charge < -0.3 is 5.11 Å². The summed E-state index contributed by atoms with van der Waals surface area (Å²) in [5.74, 6) is 0.343. The van der Waals surface area contributed by atoms with Crippen LogP contribution < -0.4 is 0 Å². The van der Waals surface area contributed by atoms with Crippen LogP contribution in [0.2, 0.25) is 0 Å². The lowest BCUT2D eigenvalue weighted by molar-refractivity contribution is 0.129. The zero-order chi connectivity index (χ0) is 13.8. The van der Waals surface area contributed by atoms with Crippen molar-refractivity contribution in [3.05, 3.63) is 35.4 Å². The molecule has 0 bridgehead atoms. The lowest BCUT2D eigenvalue weighted by Gasteiger charge is -2.33. The van der Waals surface area contributed by atoms with Crippen molar-refractivity contribution >= 4 is 11.8 Å². The summed E-state index contributed by atoms with van der Waals surface area (Å²) in [7, 11) is 0. The molecule has 106 valence electrons. The predicted octanol–water partition coefficient (Wildman–Crippen LogP) is 2.83. The van der Waals surface area contributed by atoms with E-state index in [1.807, 2.05) is 11.8 Å². The van der Waals surface area contributed by atoms with E-state index in [1.54, 1.807) is 0 Å². The Morgan fingerprint density at radius 3 is 3.00 bits per heavy atom. The molecule has 0 spiro atoms. The van der Waals surface area contributed by atoms with E-state index in [9.17, 15) is 13.9 Å². The topological polar surface area (TPSA) is 23.5 Å². The highest BCUT2D eigenvalue weighted by atomic mass is 32.2. The van der Waals surface area contributed by atoms with Crippen molar-refractivity contribution in [2.24, 2.45) is 0 Å². The third-order valence-electron chi connectivity index (χ3n) is 3.54. The molecule has 5 heteroatoms. The van der Waals surface area contributed by atoms with E-state index in [2.05, 4.69) is 11.8 Å². The summed E-state index contributed by atoms with van der Waals surface area (Å²) in [6.07, 6.45) is -0.521. The second-order valence-corrected chi connectivity index (χ2v) is 6.06. The van der Waals surface area contributed by atoms with Crippen LogP contribution >= 0.6 is 11.8 Å². The van der Waals surface area contributed by atoms with Gasteiger partial charge in [0.25, 0.3) is 0 Å². The second kappa shape index (κ2) is 6.68. The second-order valence-electron chi connectivity index (χ2n) is 4.91. The predicted molar refractivity (Wildman–Crippen MR) is 74.3 cm³/mol. The van der Waals surface area contributed by atoms with Crippen LogP contribution in [-0.2, 0) is 0 Å². The molecule has 2 unspecified atom stereocenters. The van der Waals surface area contributed by atoms with Crippen LogP contribution in [0.5, 0.6) is 0 Å². The molecule has 0 aliphatic carbocycles. The van der Waals surface area contributed by atoms with E-state index in [1.165, 1.54) is 12.1 Å². The molecule has 0 aromatic heterocycles. The number of nitrogens with zero attached hydrogens (tertiary/aromatic N) is 1. The SMILES string of the molecule is CC1CSCCN1CCC(O)c1cccc(F)c1F. The minimum atomic E-state index is -0.947. The summed E-state index contributed by atoms with van der Waals surface area (Å²) in [5, 5.41) is 10.0. The Morgan fingerprint density at radius 1 is 1.47 bits per heavy atom. The number of rotatable bonds is 4. The molecule has 1 fully saturated rings. The van der Waals surface area contributed by atoms with Crippen molar-refractivity contribution in [3.8, 4) is 0 Å². The van der Waals surface area contributed by atoms with E-state index in [4.69, 9.17) is 0 Å². The van der Waals surface area contributed by atoms with Gasteiger partial charge in [0, 0.05) is 36.2 Å². The fraction of sp³-hybridized carbons (Fsp3) is 0.571. The fourth-order valence-electron chi connectivity index (χ4n) is 2.32. The van der Waals surface area contributed by atoms with Crippen LogP contribution in [0.4, 0.5) is 8.78 Å². The lowest BCUT2D eigenvalue weighted by Crippen LogP contribution is -2.41. The molecule has 1 aliphatic heterocycles. The molecule has 1 aliphatic rings. The standard InChI is InChI=1S/C14H19F2NOS/c1-10-9-19-8-7-17(10)6-5-13(18)11-3-2-4-12(15)14(11)16/h2-4,10,13,18H,5-9H2,1H3. The summed E-state index contributed by atoms with van der Waals surface area (Å²) in [6.45, 7) is 3.85. The molecule has 1 N–H and O–H groups in total. The normalized spacial score (nSPS) is 22.4. The molecular weight excluding hydrogens is 268 g/mol. The summed E-state index contributed by atoms with van der Waals surface area (Å²) in [5.41, 5.74) is 0.0547. The monoisotopic (exact) mass is 287 g/mol. The first-order valence-electron chi connectivity index (χ1n) is 6.53. The summed E-state index contributed by atoms with van der Waals surface area (Å²) >= 11 is 1.93. The van der Waals surface area contributed by atoms with Crippen molar-refractivity contribution < 1.29 is 13.9 Å². The molecule has 2 atom stereocenters. The maximum absolute atomic E-state index is 13.5. The average Bonchev–Trinajstić information content (AvgIpc) is 2.40. The minimum absolute atomic E-state index is 0.0547. The Bertz CT molecular complexity index is 430. The number of hydrogen-bond donors (Lipinski definition) is 1. The zero-order valence-corrected chi connectivity index (χ0v) is 11.8. The Hall–Kier alpha value is -0.650. The summed E-state index contributed by atoms with van der Waals surface area (Å²) in [4.78, 5) is 2.29. The first kappa shape index (κ1) is 14.8. The summed E-state index contributed by atoms with van der Waals surface area (Å²) in [6, 6.07) is 4.41. The van der Waals surface area contributed by atoms with Gasteiger partial charge in [-0.05, 0) is 19.4 Å². The van der Waals surface area contributed by atoms with Crippen LogP contribution in [0.1, 0.15) is 25.0 Å². The Morgan fingerprint density at radius 2 is 2.26 bits per heavy atom. The smallest absolute Gasteiger partial charge is 0.164 e. The van der Waals surface area contributed by atoms with Crippen molar-refractivity contribution in [2.45, 2.75) is 25.5 Å². The van der Waals surface area contributed by atoms with Gasteiger partial charge in [0.05, 0.1) is 6.10 Å². The van der Waals surface area contributed by atoms with Crippen LogP contribution in [0.25, 0.3) is 0 Å². The van der Waals surface area contributed by atoms with Gasteiger partial charge in [-0.1, -0.05) is 12.1 Å². The van der Waals surface area contributed by atoms with Gasteiger partial charge in [-0.3, -0.25) is 4.90 Å². The van der Waals surface area contributed by atoms with E-state index in [-0.39, 0.29) is 5.56 Å². The number of aliphatic hydroxyl groups is 1. The molecule has 0 amide bonds. The van der Waals surface area contributed by atoms with E-state index in [0.29, 0.717) is 19.0 Å². The maximum Gasteiger partial charge on any atom is 0.164 e. The number of halogens is 2. The molecule has 19 heavy (non-hydrogen) atoms. The maximum atomic E-state index is 13.5. The number of thioether (sulfide) groups is 1. The molecule has 1 heterocycles. The van der Waals surface area contributed by atoms with Crippen molar-refractivity contribution in [3.63, 3.8) is 0 Å². The average molecular weight is 287 g/mol. The van der Waals surface area contributed by atoms with Gasteiger partial charge >= 0.3 is 0 Å². The third-order valence-corrected chi connectivity index (χ3v) is 4.72. The van der Waals surface area contributed by atoms with Crippen molar-refractivity contribution in [1.29, 1.82) is 0 Å². The number of hydrogen-bond acceptors (Lipinski definition) is 3.